The highest BCUT2D eigenvalue weighted by Gasteiger charge is 2.12. The van der Waals surface area contributed by atoms with Gasteiger partial charge in [0.25, 0.3) is 0 Å². The molecule has 0 radical (unpaired) electrons. The Kier molecular flexibility index (Phi) is 5.87. The van der Waals surface area contributed by atoms with Crippen LogP contribution in [0.3, 0.4) is 0 Å². The van der Waals surface area contributed by atoms with Crippen molar-refractivity contribution in [2.45, 2.75) is 44.6 Å². The van der Waals surface area contributed by atoms with Crippen LogP contribution >= 0.6 is 15.9 Å². The first-order valence-corrected chi connectivity index (χ1v) is 7.86. The first kappa shape index (κ1) is 16.1. The quantitative estimate of drug-likeness (QED) is 0.491. The molecule has 0 spiro atoms. The van der Waals surface area contributed by atoms with Crippen molar-refractivity contribution in [2.24, 2.45) is 15.9 Å². The van der Waals surface area contributed by atoms with Gasteiger partial charge in [0, 0.05) is 12.1 Å². The third-order valence-corrected chi connectivity index (χ3v) is 4.09. The zero-order chi connectivity index (χ0) is 15.2. The number of hydrogen-bond donors (Lipinski definition) is 2. The molecule has 0 heterocycles. The van der Waals surface area contributed by atoms with Crippen molar-refractivity contribution in [3.05, 3.63) is 34.1 Å². The number of hydrogen-bond acceptors (Lipinski definition) is 3. The van der Waals surface area contributed by atoms with Gasteiger partial charge >= 0.3 is 0 Å². The molecule has 114 valence electrons. The van der Waals surface area contributed by atoms with Gasteiger partial charge in [0.1, 0.15) is 11.7 Å². The van der Waals surface area contributed by atoms with E-state index in [1.54, 1.807) is 6.07 Å². The molecule has 0 aliphatic heterocycles. The van der Waals surface area contributed by atoms with Crippen molar-refractivity contribution in [3.8, 4) is 0 Å². The number of amidine groups is 1. The highest BCUT2D eigenvalue weighted by Crippen LogP contribution is 2.23. The summed E-state index contributed by atoms with van der Waals surface area (Å²) in [6, 6.07) is 4.38. The van der Waals surface area contributed by atoms with E-state index in [0.29, 0.717) is 10.0 Å². The van der Waals surface area contributed by atoms with Crippen LogP contribution in [0.15, 0.2) is 32.9 Å². The number of nitrogens with two attached hydrogens (primary N) is 1. The van der Waals surface area contributed by atoms with Crippen LogP contribution in [-0.2, 0) is 0 Å². The van der Waals surface area contributed by atoms with E-state index in [1.165, 1.54) is 18.6 Å². The smallest absolute Gasteiger partial charge is 0.137 e. The van der Waals surface area contributed by atoms with Gasteiger partial charge in [-0.2, -0.15) is 5.10 Å². The highest BCUT2D eigenvalue weighted by atomic mass is 79.9. The second-order valence-electron chi connectivity index (χ2n) is 5.21. The van der Waals surface area contributed by atoms with E-state index in [1.807, 2.05) is 0 Å². The summed E-state index contributed by atoms with van der Waals surface area (Å²) in [6.45, 7) is 0. The van der Waals surface area contributed by atoms with Crippen molar-refractivity contribution in [2.75, 3.05) is 0 Å². The third-order valence-electron chi connectivity index (χ3n) is 3.48. The van der Waals surface area contributed by atoms with E-state index < -0.39 is 6.10 Å². The van der Waals surface area contributed by atoms with Gasteiger partial charge in [0.15, 0.2) is 0 Å². The standard InChI is InChI=1S/C15H19BrFN3O/c16-12-8-10(6-7-13(12)17)14(21)9-15(18)20-19-11-4-2-1-3-5-11/h6-8,14,21H,1-5,9H2,(H2,18,20). The lowest BCUT2D eigenvalue weighted by Crippen LogP contribution is -2.16. The van der Waals surface area contributed by atoms with Gasteiger partial charge in [-0.15, -0.1) is 5.10 Å². The predicted octanol–water partition coefficient (Wildman–Crippen LogP) is 3.69. The minimum atomic E-state index is -0.822. The molecular formula is C15H19BrFN3O. The number of benzene rings is 1. The van der Waals surface area contributed by atoms with E-state index in [2.05, 4.69) is 26.1 Å². The summed E-state index contributed by atoms with van der Waals surface area (Å²) in [5, 5.41) is 18.2. The SMILES string of the molecule is N/C(CC(O)c1ccc(F)c(Br)c1)=N\N=C1CCCCC1. The van der Waals surface area contributed by atoms with E-state index in [4.69, 9.17) is 5.73 Å². The summed E-state index contributed by atoms with van der Waals surface area (Å²) in [5.41, 5.74) is 7.46. The summed E-state index contributed by atoms with van der Waals surface area (Å²) in [5.74, 6) is -0.0858. The van der Waals surface area contributed by atoms with Crippen LogP contribution < -0.4 is 5.73 Å². The second-order valence-corrected chi connectivity index (χ2v) is 6.07. The van der Waals surface area contributed by atoms with Crippen molar-refractivity contribution in [1.29, 1.82) is 0 Å². The lowest BCUT2D eigenvalue weighted by Gasteiger charge is -2.12. The first-order chi connectivity index (χ1) is 10.1. The van der Waals surface area contributed by atoms with E-state index in [-0.39, 0.29) is 18.1 Å². The number of aliphatic hydroxyl groups excluding tert-OH is 1. The second kappa shape index (κ2) is 7.66. The largest absolute Gasteiger partial charge is 0.388 e. The normalized spacial score (nSPS) is 17.7. The average Bonchev–Trinajstić information content (AvgIpc) is 2.49. The molecule has 0 amide bonds. The molecule has 1 aromatic rings. The van der Waals surface area contributed by atoms with Crippen LogP contribution in [0, 0.1) is 5.82 Å². The summed E-state index contributed by atoms with van der Waals surface area (Å²) in [4.78, 5) is 0. The Hall–Kier alpha value is -1.27. The van der Waals surface area contributed by atoms with Crippen LogP contribution in [0.4, 0.5) is 4.39 Å². The molecule has 1 unspecified atom stereocenters. The van der Waals surface area contributed by atoms with Crippen LogP contribution in [0.1, 0.15) is 50.2 Å². The highest BCUT2D eigenvalue weighted by molar-refractivity contribution is 9.10. The minimum Gasteiger partial charge on any atom is -0.388 e. The Morgan fingerprint density at radius 1 is 1.33 bits per heavy atom. The summed E-state index contributed by atoms with van der Waals surface area (Å²) in [7, 11) is 0. The molecule has 1 aliphatic rings. The fraction of sp³-hybridized carbons (Fsp3) is 0.467. The molecule has 1 saturated carbocycles. The van der Waals surface area contributed by atoms with Gasteiger partial charge in [-0.3, -0.25) is 0 Å². The lowest BCUT2D eigenvalue weighted by molar-refractivity contribution is 0.186. The average molecular weight is 356 g/mol. The Labute approximate surface area is 132 Å². The van der Waals surface area contributed by atoms with E-state index >= 15 is 0 Å². The number of aliphatic hydroxyl groups is 1. The van der Waals surface area contributed by atoms with Crippen molar-refractivity contribution < 1.29 is 9.50 Å². The Morgan fingerprint density at radius 2 is 2.05 bits per heavy atom. The van der Waals surface area contributed by atoms with Crippen molar-refractivity contribution in [3.63, 3.8) is 0 Å². The van der Waals surface area contributed by atoms with Crippen LogP contribution in [0.2, 0.25) is 0 Å². The molecule has 0 saturated heterocycles. The molecular weight excluding hydrogens is 337 g/mol. The zero-order valence-electron chi connectivity index (χ0n) is 11.7. The van der Waals surface area contributed by atoms with Gasteiger partial charge < -0.3 is 10.8 Å². The monoisotopic (exact) mass is 355 g/mol. The maximum absolute atomic E-state index is 13.2. The molecule has 4 nitrogen and oxygen atoms in total. The molecule has 0 bridgehead atoms. The minimum absolute atomic E-state index is 0.175. The first-order valence-electron chi connectivity index (χ1n) is 7.07. The van der Waals surface area contributed by atoms with Gasteiger partial charge in [-0.25, -0.2) is 4.39 Å². The summed E-state index contributed by atoms with van der Waals surface area (Å²) < 4.78 is 13.5. The van der Waals surface area contributed by atoms with Gasteiger partial charge in [0.2, 0.25) is 0 Å². The van der Waals surface area contributed by atoms with Gasteiger partial charge in [0.05, 0.1) is 10.6 Å². The molecule has 3 N–H and O–H groups in total. The van der Waals surface area contributed by atoms with Gasteiger partial charge in [-0.05, 0) is 59.3 Å². The molecule has 1 aliphatic carbocycles. The Bertz CT molecular complexity index is 552. The molecule has 2 rings (SSSR count). The van der Waals surface area contributed by atoms with Crippen LogP contribution in [-0.4, -0.2) is 16.7 Å². The number of rotatable bonds is 4. The maximum atomic E-state index is 13.2. The predicted molar refractivity (Wildman–Crippen MR) is 85.8 cm³/mol. The van der Waals surface area contributed by atoms with Gasteiger partial charge in [-0.1, -0.05) is 12.5 Å². The maximum Gasteiger partial charge on any atom is 0.137 e. The topological polar surface area (TPSA) is 71.0 Å². The van der Waals surface area contributed by atoms with Crippen LogP contribution in [0.25, 0.3) is 0 Å². The molecule has 0 aromatic heterocycles. The van der Waals surface area contributed by atoms with E-state index in [9.17, 15) is 9.50 Å². The zero-order valence-corrected chi connectivity index (χ0v) is 13.3. The number of nitrogens with zero attached hydrogens (tertiary/aromatic N) is 2. The van der Waals surface area contributed by atoms with Crippen LogP contribution in [0.5, 0.6) is 0 Å². The fourth-order valence-electron chi connectivity index (χ4n) is 2.27. The van der Waals surface area contributed by atoms with Crippen molar-refractivity contribution in [1.82, 2.24) is 0 Å². The molecule has 6 heteroatoms. The third kappa shape index (κ3) is 4.89. The summed E-state index contributed by atoms with van der Waals surface area (Å²) in [6.07, 6.45) is 4.86. The Balaban J connectivity index is 1.97. The fourth-order valence-corrected chi connectivity index (χ4v) is 2.67. The molecule has 21 heavy (non-hydrogen) atoms. The molecule has 1 fully saturated rings. The van der Waals surface area contributed by atoms with E-state index in [0.717, 1.165) is 31.4 Å². The lowest BCUT2D eigenvalue weighted by atomic mass is 9.99. The molecule has 1 aromatic carbocycles. The molecule has 1 atom stereocenters. The van der Waals surface area contributed by atoms with Crippen molar-refractivity contribution >= 4 is 27.5 Å². The Morgan fingerprint density at radius 3 is 2.71 bits per heavy atom. The summed E-state index contributed by atoms with van der Waals surface area (Å²) >= 11 is 3.09. The number of halogens is 2.